The van der Waals surface area contributed by atoms with Gasteiger partial charge in [-0.3, -0.25) is 9.59 Å². The van der Waals surface area contributed by atoms with E-state index in [9.17, 15) is 9.59 Å². The summed E-state index contributed by atoms with van der Waals surface area (Å²) in [4.78, 5) is 26.8. The number of nitrogens with one attached hydrogen (secondary N) is 1. The molecule has 2 aromatic carbocycles. The summed E-state index contributed by atoms with van der Waals surface area (Å²) in [6.07, 6.45) is 3.96. The van der Waals surface area contributed by atoms with E-state index in [4.69, 9.17) is 9.47 Å². The molecule has 0 aliphatic carbocycles. The highest BCUT2D eigenvalue weighted by molar-refractivity contribution is 5.98. The van der Waals surface area contributed by atoms with E-state index in [-0.39, 0.29) is 18.4 Å². The normalized spacial score (nSPS) is 10.9. The van der Waals surface area contributed by atoms with Gasteiger partial charge in [-0.05, 0) is 54.7 Å². The average molecular weight is 439 g/mol. The standard InChI is InChI=1S/C26H34N2O4/c1-6-15-28(17-25(29)27-22-10-8-7-9-20(22)4)26(30)14-12-21-11-13-23(24(16-21)31-5)32-18-19(2)3/h7-14,16,19H,6,15,17-18H2,1-5H3,(H,27,29)/b14-12+. The molecule has 172 valence electrons. The van der Waals surface area contributed by atoms with E-state index in [2.05, 4.69) is 19.2 Å². The first-order chi connectivity index (χ1) is 15.3. The van der Waals surface area contributed by atoms with E-state index in [0.29, 0.717) is 30.6 Å². The third kappa shape index (κ3) is 7.76. The Labute approximate surface area is 191 Å². The van der Waals surface area contributed by atoms with Gasteiger partial charge in [0, 0.05) is 18.3 Å². The quantitative estimate of drug-likeness (QED) is 0.505. The molecule has 32 heavy (non-hydrogen) atoms. The highest BCUT2D eigenvalue weighted by Crippen LogP contribution is 2.29. The predicted molar refractivity (Wildman–Crippen MR) is 129 cm³/mol. The zero-order chi connectivity index (χ0) is 23.5. The van der Waals surface area contributed by atoms with Gasteiger partial charge in [0.15, 0.2) is 11.5 Å². The van der Waals surface area contributed by atoms with Gasteiger partial charge in [-0.25, -0.2) is 0 Å². The number of anilines is 1. The van der Waals surface area contributed by atoms with E-state index >= 15 is 0 Å². The van der Waals surface area contributed by atoms with Crippen LogP contribution < -0.4 is 14.8 Å². The molecule has 0 saturated heterocycles. The van der Waals surface area contributed by atoms with Gasteiger partial charge in [0.25, 0.3) is 0 Å². The van der Waals surface area contributed by atoms with Crippen LogP contribution in [0.2, 0.25) is 0 Å². The maximum absolute atomic E-state index is 12.8. The Hall–Kier alpha value is -3.28. The van der Waals surface area contributed by atoms with Gasteiger partial charge in [-0.15, -0.1) is 0 Å². The van der Waals surface area contributed by atoms with Crippen LogP contribution in [0.4, 0.5) is 5.69 Å². The van der Waals surface area contributed by atoms with Crippen molar-refractivity contribution in [3.63, 3.8) is 0 Å². The molecule has 0 spiro atoms. The number of para-hydroxylation sites is 1. The summed E-state index contributed by atoms with van der Waals surface area (Å²) in [5, 5.41) is 2.88. The average Bonchev–Trinajstić information content (AvgIpc) is 2.77. The molecule has 0 heterocycles. The number of carbonyl (C=O) groups excluding carboxylic acids is 2. The molecule has 0 aliphatic rings. The second kappa shape index (κ2) is 12.5. The van der Waals surface area contributed by atoms with Crippen molar-refractivity contribution in [1.82, 2.24) is 4.90 Å². The minimum absolute atomic E-state index is 0.00332. The Kier molecular flexibility index (Phi) is 9.79. The van der Waals surface area contributed by atoms with Crippen LogP contribution in [0.1, 0.15) is 38.3 Å². The molecular weight excluding hydrogens is 404 g/mol. The number of benzene rings is 2. The number of hydrogen-bond donors (Lipinski definition) is 1. The maximum Gasteiger partial charge on any atom is 0.247 e. The van der Waals surface area contributed by atoms with E-state index in [1.54, 1.807) is 18.1 Å². The molecule has 0 bridgehead atoms. The van der Waals surface area contributed by atoms with Crippen LogP contribution >= 0.6 is 0 Å². The molecule has 0 unspecified atom stereocenters. The molecule has 0 aliphatic heterocycles. The molecular formula is C26H34N2O4. The predicted octanol–water partition coefficient (Wildman–Crippen LogP) is 4.93. The molecule has 0 aromatic heterocycles. The third-order valence-corrected chi connectivity index (χ3v) is 4.74. The van der Waals surface area contributed by atoms with Gasteiger partial charge in [0.05, 0.1) is 13.7 Å². The van der Waals surface area contributed by atoms with E-state index < -0.39 is 0 Å². The van der Waals surface area contributed by atoms with Crippen molar-refractivity contribution in [3.8, 4) is 11.5 Å². The number of rotatable bonds is 11. The van der Waals surface area contributed by atoms with Gasteiger partial charge in [-0.1, -0.05) is 45.0 Å². The topological polar surface area (TPSA) is 67.9 Å². The van der Waals surface area contributed by atoms with Crippen molar-refractivity contribution < 1.29 is 19.1 Å². The van der Waals surface area contributed by atoms with Crippen LogP contribution in [0.3, 0.4) is 0 Å². The molecule has 2 aromatic rings. The lowest BCUT2D eigenvalue weighted by Gasteiger charge is -2.20. The largest absolute Gasteiger partial charge is 0.493 e. The number of aryl methyl sites for hydroxylation is 1. The second-order valence-corrected chi connectivity index (χ2v) is 8.07. The summed E-state index contributed by atoms with van der Waals surface area (Å²) in [5.41, 5.74) is 2.54. The first-order valence-electron chi connectivity index (χ1n) is 11.0. The molecule has 2 amide bonds. The smallest absolute Gasteiger partial charge is 0.247 e. The van der Waals surface area contributed by atoms with Gasteiger partial charge in [0.1, 0.15) is 6.54 Å². The molecule has 6 nitrogen and oxygen atoms in total. The van der Waals surface area contributed by atoms with Crippen LogP contribution in [-0.2, 0) is 9.59 Å². The van der Waals surface area contributed by atoms with Crippen LogP contribution in [0.25, 0.3) is 6.08 Å². The lowest BCUT2D eigenvalue weighted by molar-refractivity contribution is -0.130. The molecule has 1 N–H and O–H groups in total. The molecule has 0 radical (unpaired) electrons. The first kappa shape index (κ1) is 25.0. The lowest BCUT2D eigenvalue weighted by Crippen LogP contribution is -2.37. The fraction of sp³-hybridized carbons (Fsp3) is 0.385. The molecule has 0 fully saturated rings. The second-order valence-electron chi connectivity index (χ2n) is 8.07. The Morgan fingerprint density at radius 1 is 1.12 bits per heavy atom. The van der Waals surface area contributed by atoms with E-state index in [0.717, 1.165) is 23.2 Å². The van der Waals surface area contributed by atoms with Crippen molar-refractivity contribution >= 4 is 23.6 Å². The highest BCUT2D eigenvalue weighted by atomic mass is 16.5. The molecule has 0 atom stereocenters. The minimum Gasteiger partial charge on any atom is -0.493 e. The van der Waals surface area contributed by atoms with Gasteiger partial charge >= 0.3 is 0 Å². The van der Waals surface area contributed by atoms with Crippen LogP contribution in [0.5, 0.6) is 11.5 Å². The van der Waals surface area contributed by atoms with Gasteiger partial charge in [-0.2, -0.15) is 0 Å². The molecule has 0 saturated carbocycles. The number of carbonyl (C=O) groups is 2. The number of amides is 2. The zero-order valence-corrected chi connectivity index (χ0v) is 19.7. The summed E-state index contributed by atoms with van der Waals surface area (Å²) >= 11 is 0. The fourth-order valence-corrected chi connectivity index (χ4v) is 3.05. The lowest BCUT2D eigenvalue weighted by atomic mass is 10.1. The maximum atomic E-state index is 12.8. The first-order valence-corrected chi connectivity index (χ1v) is 11.0. The van der Waals surface area contributed by atoms with Crippen LogP contribution in [0, 0.1) is 12.8 Å². The summed E-state index contributed by atoms with van der Waals surface area (Å²) in [6.45, 7) is 9.16. The summed E-state index contributed by atoms with van der Waals surface area (Å²) in [6, 6.07) is 13.1. The Morgan fingerprint density at radius 3 is 2.53 bits per heavy atom. The van der Waals surface area contributed by atoms with Crippen molar-refractivity contribution in [3.05, 3.63) is 59.7 Å². The Bertz CT molecular complexity index is 937. The fourth-order valence-electron chi connectivity index (χ4n) is 3.05. The number of methoxy groups -OCH3 is 1. The number of nitrogens with zero attached hydrogens (tertiary/aromatic N) is 1. The van der Waals surface area contributed by atoms with Crippen molar-refractivity contribution in [1.29, 1.82) is 0 Å². The third-order valence-electron chi connectivity index (χ3n) is 4.74. The van der Waals surface area contributed by atoms with Crippen molar-refractivity contribution in [2.45, 2.75) is 34.1 Å². The number of hydrogen-bond acceptors (Lipinski definition) is 4. The number of ether oxygens (including phenoxy) is 2. The minimum atomic E-state index is -0.220. The zero-order valence-electron chi connectivity index (χ0n) is 19.7. The SMILES string of the molecule is CCCN(CC(=O)Nc1ccccc1C)C(=O)/C=C/c1ccc(OCC(C)C)c(OC)c1. The van der Waals surface area contributed by atoms with Crippen LogP contribution in [-0.4, -0.2) is 43.5 Å². The van der Waals surface area contributed by atoms with Crippen molar-refractivity contribution in [2.24, 2.45) is 5.92 Å². The highest BCUT2D eigenvalue weighted by Gasteiger charge is 2.15. The van der Waals surface area contributed by atoms with Gasteiger partial charge in [0.2, 0.25) is 11.8 Å². The van der Waals surface area contributed by atoms with Gasteiger partial charge < -0.3 is 19.7 Å². The van der Waals surface area contributed by atoms with Crippen LogP contribution in [0.15, 0.2) is 48.5 Å². The Balaban J connectivity index is 2.05. The summed E-state index contributed by atoms with van der Waals surface area (Å²) < 4.78 is 11.2. The Morgan fingerprint density at radius 2 is 1.88 bits per heavy atom. The van der Waals surface area contributed by atoms with E-state index in [1.165, 1.54) is 6.08 Å². The van der Waals surface area contributed by atoms with E-state index in [1.807, 2.05) is 56.3 Å². The molecule has 6 heteroatoms. The molecule has 2 rings (SSSR count). The van der Waals surface area contributed by atoms with Crippen molar-refractivity contribution in [2.75, 3.05) is 32.1 Å². The monoisotopic (exact) mass is 438 g/mol. The summed E-state index contributed by atoms with van der Waals surface area (Å²) in [7, 11) is 1.59. The summed E-state index contributed by atoms with van der Waals surface area (Å²) in [5.74, 6) is 1.26.